The molecule has 1 nitrogen and oxygen atoms in total. The van der Waals surface area contributed by atoms with Gasteiger partial charge in [0.1, 0.15) is 5.82 Å². The summed E-state index contributed by atoms with van der Waals surface area (Å²) in [6.45, 7) is 4.78. The first-order chi connectivity index (χ1) is 6.06. The van der Waals surface area contributed by atoms with Crippen molar-refractivity contribution in [1.82, 2.24) is 0 Å². The predicted molar refractivity (Wildman–Crippen MR) is 53.1 cm³/mol. The Morgan fingerprint density at radius 2 is 2.08 bits per heavy atom. The van der Waals surface area contributed by atoms with Crippen molar-refractivity contribution in [2.75, 3.05) is 6.54 Å². The molecule has 0 heterocycles. The third-order valence-electron chi connectivity index (χ3n) is 2.38. The van der Waals surface area contributed by atoms with E-state index in [1.165, 1.54) is 6.07 Å². The van der Waals surface area contributed by atoms with E-state index in [1.807, 2.05) is 6.07 Å². The topological polar surface area (TPSA) is 26.0 Å². The molecule has 0 aliphatic carbocycles. The molecule has 0 bridgehead atoms. The van der Waals surface area contributed by atoms with E-state index in [2.05, 4.69) is 13.8 Å². The molecule has 1 aromatic rings. The standard InChI is InChI=1S/C11H16FN/c1-11(2,6-7-13)9-4-3-5-10(12)8-9/h3-5,8H,6-7,13H2,1-2H3. The summed E-state index contributed by atoms with van der Waals surface area (Å²) in [6.07, 6.45) is 0.871. The number of halogens is 1. The molecule has 1 rings (SSSR count). The monoisotopic (exact) mass is 181 g/mol. The van der Waals surface area contributed by atoms with E-state index in [0.29, 0.717) is 6.54 Å². The third-order valence-corrected chi connectivity index (χ3v) is 2.38. The molecule has 2 N–H and O–H groups in total. The molecule has 0 spiro atoms. The van der Waals surface area contributed by atoms with Gasteiger partial charge in [0.05, 0.1) is 0 Å². The van der Waals surface area contributed by atoms with Crippen molar-refractivity contribution in [2.24, 2.45) is 5.73 Å². The summed E-state index contributed by atoms with van der Waals surface area (Å²) in [5, 5.41) is 0. The van der Waals surface area contributed by atoms with Gasteiger partial charge in [-0.15, -0.1) is 0 Å². The minimum absolute atomic E-state index is 0.0309. The molecule has 0 fully saturated rings. The van der Waals surface area contributed by atoms with E-state index in [9.17, 15) is 4.39 Å². The molecule has 0 unspecified atom stereocenters. The summed E-state index contributed by atoms with van der Waals surface area (Å²) in [7, 11) is 0. The largest absolute Gasteiger partial charge is 0.330 e. The van der Waals surface area contributed by atoms with Crippen molar-refractivity contribution in [3.05, 3.63) is 35.6 Å². The lowest BCUT2D eigenvalue weighted by atomic mass is 9.82. The zero-order valence-electron chi connectivity index (χ0n) is 8.18. The van der Waals surface area contributed by atoms with Crippen LogP contribution in [0, 0.1) is 5.82 Å². The van der Waals surface area contributed by atoms with Crippen molar-refractivity contribution >= 4 is 0 Å². The summed E-state index contributed by atoms with van der Waals surface area (Å²) >= 11 is 0. The van der Waals surface area contributed by atoms with E-state index < -0.39 is 0 Å². The molecule has 0 atom stereocenters. The maximum absolute atomic E-state index is 12.9. The minimum Gasteiger partial charge on any atom is -0.330 e. The Morgan fingerprint density at radius 1 is 1.38 bits per heavy atom. The number of benzene rings is 1. The fraction of sp³-hybridized carbons (Fsp3) is 0.455. The van der Waals surface area contributed by atoms with Crippen molar-refractivity contribution < 1.29 is 4.39 Å². The lowest BCUT2D eigenvalue weighted by Crippen LogP contribution is -2.21. The molecule has 0 aromatic heterocycles. The summed E-state index contributed by atoms with van der Waals surface area (Å²) in [5.74, 6) is -0.178. The number of hydrogen-bond acceptors (Lipinski definition) is 1. The summed E-state index contributed by atoms with van der Waals surface area (Å²) in [5.41, 5.74) is 6.48. The second-order valence-electron chi connectivity index (χ2n) is 3.93. The van der Waals surface area contributed by atoms with Gasteiger partial charge in [0.15, 0.2) is 0 Å². The van der Waals surface area contributed by atoms with Gasteiger partial charge in [-0.3, -0.25) is 0 Å². The van der Waals surface area contributed by atoms with Gasteiger partial charge < -0.3 is 5.73 Å². The molecule has 0 aliphatic heterocycles. The van der Waals surface area contributed by atoms with Crippen LogP contribution in [0.15, 0.2) is 24.3 Å². The second-order valence-corrected chi connectivity index (χ2v) is 3.93. The van der Waals surface area contributed by atoms with Crippen molar-refractivity contribution in [3.8, 4) is 0 Å². The summed E-state index contributed by atoms with van der Waals surface area (Å²) < 4.78 is 12.9. The van der Waals surface area contributed by atoms with Crippen LogP contribution in [0.3, 0.4) is 0 Å². The summed E-state index contributed by atoms with van der Waals surface area (Å²) in [6, 6.07) is 6.72. The maximum atomic E-state index is 12.9. The van der Waals surface area contributed by atoms with E-state index in [1.54, 1.807) is 12.1 Å². The van der Waals surface area contributed by atoms with E-state index >= 15 is 0 Å². The lowest BCUT2D eigenvalue weighted by molar-refractivity contribution is 0.483. The van der Waals surface area contributed by atoms with Crippen LogP contribution < -0.4 is 5.73 Å². The van der Waals surface area contributed by atoms with Gasteiger partial charge in [-0.2, -0.15) is 0 Å². The predicted octanol–water partition coefficient (Wildman–Crippen LogP) is 2.45. The number of hydrogen-bond donors (Lipinski definition) is 1. The molecule has 13 heavy (non-hydrogen) atoms. The highest BCUT2D eigenvalue weighted by atomic mass is 19.1. The Balaban J connectivity index is 2.93. The smallest absolute Gasteiger partial charge is 0.123 e. The zero-order chi connectivity index (χ0) is 9.90. The molecule has 0 amide bonds. The molecule has 1 aromatic carbocycles. The first-order valence-corrected chi connectivity index (χ1v) is 4.52. The van der Waals surface area contributed by atoms with Gasteiger partial charge >= 0.3 is 0 Å². The zero-order valence-corrected chi connectivity index (χ0v) is 8.18. The molecule has 72 valence electrons. The Bertz CT molecular complexity index is 281. The van der Waals surface area contributed by atoms with Crippen LogP contribution in [-0.2, 0) is 5.41 Å². The lowest BCUT2D eigenvalue weighted by Gasteiger charge is -2.24. The first kappa shape index (κ1) is 10.2. The van der Waals surface area contributed by atoms with Gasteiger partial charge in [-0.05, 0) is 36.1 Å². The molecular weight excluding hydrogens is 165 g/mol. The van der Waals surface area contributed by atoms with Gasteiger partial charge in [0.25, 0.3) is 0 Å². The minimum atomic E-state index is -0.178. The highest BCUT2D eigenvalue weighted by Gasteiger charge is 2.19. The van der Waals surface area contributed by atoms with Crippen LogP contribution in [0.2, 0.25) is 0 Å². The fourth-order valence-electron chi connectivity index (χ4n) is 1.41. The molecule has 0 saturated carbocycles. The van der Waals surface area contributed by atoms with Gasteiger partial charge in [0, 0.05) is 0 Å². The van der Waals surface area contributed by atoms with Crippen LogP contribution in [0.4, 0.5) is 4.39 Å². The van der Waals surface area contributed by atoms with Gasteiger partial charge in [0.2, 0.25) is 0 Å². The molecular formula is C11H16FN. The molecule has 0 saturated heterocycles. The maximum Gasteiger partial charge on any atom is 0.123 e. The van der Waals surface area contributed by atoms with Gasteiger partial charge in [-0.25, -0.2) is 4.39 Å². The quantitative estimate of drug-likeness (QED) is 0.761. The van der Waals surface area contributed by atoms with E-state index in [0.717, 1.165) is 12.0 Å². The Hall–Kier alpha value is -0.890. The Morgan fingerprint density at radius 3 is 2.62 bits per heavy atom. The number of rotatable bonds is 3. The normalized spacial score (nSPS) is 11.7. The average Bonchev–Trinajstić information content (AvgIpc) is 2.04. The third kappa shape index (κ3) is 2.52. The van der Waals surface area contributed by atoms with E-state index in [4.69, 9.17) is 5.73 Å². The Labute approximate surface area is 78.8 Å². The summed E-state index contributed by atoms with van der Waals surface area (Å²) in [4.78, 5) is 0. The highest BCUT2D eigenvalue weighted by molar-refractivity contribution is 5.24. The SMILES string of the molecule is CC(C)(CCN)c1cccc(F)c1. The second kappa shape index (κ2) is 3.88. The van der Waals surface area contributed by atoms with Crippen LogP contribution in [0.25, 0.3) is 0 Å². The van der Waals surface area contributed by atoms with Crippen LogP contribution >= 0.6 is 0 Å². The first-order valence-electron chi connectivity index (χ1n) is 4.52. The Kier molecular flexibility index (Phi) is 3.04. The van der Waals surface area contributed by atoms with Crippen LogP contribution in [0.5, 0.6) is 0 Å². The number of nitrogens with two attached hydrogens (primary N) is 1. The molecule has 0 radical (unpaired) electrons. The molecule has 0 aliphatic rings. The van der Waals surface area contributed by atoms with Crippen molar-refractivity contribution in [1.29, 1.82) is 0 Å². The van der Waals surface area contributed by atoms with Crippen molar-refractivity contribution in [3.63, 3.8) is 0 Å². The van der Waals surface area contributed by atoms with Crippen molar-refractivity contribution in [2.45, 2.75) is 25.7 Å². The average molecular weight is 181 g/mol. The fourth-order valence-corrected chi connectivity index (χ4v) is 1.41. The van der Waals surface area contributed by atoms with Gasteiger partial charge in [-0.1, -0.05) is 26.0 Å². The van der Waals surface area contributed by atoms with Crippen LogP contribution in [0.1, 0.15) is 25.8 Å². The van der Waals surface area contributed by atoms with E-state index in [-0.39, 0.29) is 11.2 Å². The van der Waals surface area contributed by atoms with Crippen LogP contribution in [-0.4, -0.2) is 6.54 Å². The highest BCUT2D eigenvalue weighted by Crippen LogP contribution is 2.26. The molecule has 2 heteroatoms.